The molecule has 1 unspecified atom stereocenters. The first kappa shape index (κ1) is 13.9. The number of nitriles is 1. The normalized spacial score (nSPS) is 12.5. The molecule has 1 rings (SSSR count). The molecule has 0 bridgehead atoms. The highest BCUT2D eigenvalue weighted by Gasteiger charge is 2.11. The van der Waals surface area contributed by atoms with Crippen molar-refractivity contribution in [3.8, 4) is 6.07 Å². The molecular weight excluding hydrogens is 242 g/mol. The van der Waals surface area contributed by atoms with Crippen LogP contribution in [0.2, 0.25) is 0 Å². The Morgan fingerprint density at radius 3 is 2.71 bits per heavy atom. The SMILES string of the molecule is CC(C)NC(C#N)CSc1cc(F)ccc1F. The van der Waals surface area contributed by atoms with Gasteiger partial charge in [0.1, 0.15) is 17.7 Å². The summed E-state index contributed by atoms with van der Waals surface area (Å²) < 4.78 is 26.2. The van der Waals surface area contributed by atoms with Crippen LogP contribution in [0.3, 0.4) is 0 Å². The average molecular weight is 256 g/mol. The number of halogens is 2. The van der Waals surface area contributed by atoms with Crippen molar-refractivity contribution in [3.05, 3.63) is 29.8 Å². The van der Waals surface area contributed by atoms with E-state index in [0.717, 1.165) is 30.0 Å². The average Bonchev–Trinajstić information content (AvgIpc) is 2.28. The van der Waals surface area contributed by atoms with Gasteiger partial charge >= 0.3 is 0 Å². The van der Waals surface area contributed by atoms with E-state index in [1.54, 1.807) is 0 Å². The van der Waals surface area contributed by atoms with Crippen molar-refractivity contribution in [3.63, 3.8) is 0 Å². The molecule has 0 radical (unpaired) electrons. The molecule has 17 heavy (non-hydrogen) atoms. The van der Waals surface area contributed by atoms with Gasteiger partial charge in [-0.15, -0.1) is 11.8 Å². The molecule has 0 saturated carbocycles. The number of benzene rings is 1. The third kappa shape index (κ3) is 4.72. The third-order valence-corrected chi connectivity index (χ3v) is 3.11. The van der Waals surface area contributed by atoms with Gasteiger partial charge in [-0.1, -0.05) is 0 Å². The maximum Gasteiger partial charge on any atom is 0.136 e. The van der Waals surface area contributed by atoms with Gasteiger partial charge in [-0.05, 0) is 32.0 Å². The van der Waals surface area contributed by atoms with E-state index in [1.165, 1.54) is 0 Å². The lowest BCUT2D eigenvalue weighted by Gasteiger charge is -2.14. The summed E-state index contributed by atoms with van der Waals surface area (Å²) in [6, 6.07) is 5.21. The van der Waals surface area contributed by atoms with E-state index in [-0.39, 0.29) is 17.0 Å². The molecule has 0 aliphatic heterocycles. The fourth-order valence-electron chi connectivity index (χ4n) is 1.29. The fourth-order valence-corrected chi connectivity index (χ4v) is 2.20. The number of rotatable bonds is 5. The Kier molecular flexibility index (Phi) is 5.39. The number of nitrogens with zero attached hydrogens (tertiary/aromatic N) is 1. The molecule has 0 amide bonds. The zero-order valence-corrected chi connectivity index (χ0v) is 10.5. The standard InChI is InChI=1S/C12H14F2N2S/c1-8(2)16-10(6-15)7-17-12-5-9(13)3-4-11(12)14/h3-5,8,10,16H,7H2,1-2H3. The zero-order valence-electron chi connectivity index (χ0n) is 9.71. The number of nitrogens with one attached hydrogen (secondary N) is 1. The number of hydrogen-bond acceptors (Lipinski definition) is 3. The second-order valence-corrected chi connectivity index (χ2v) is 4.95. The summed E-state index contributed by atoms with van der Waals surface area (Å²) in [5.41, 5.74) is 0. The van der Waals surface area contributed by atoms with Gasteiger partial charge in [-0.2, -0.15) is 5.26 Å². The van der Waals surface area contributed by atoms with E-state index in [2.05, 4.69) is 11.4 Å². The molecule has 5 heteroatoms. The lowest BCUT2D eigenvalue weighted by Crippen LogP contribution is -2.35. The minimum atomic E-state index is -0.473. The van der Waals surface area contributed by atoms with Gasteiger partial charge in [0, 0.05) is 16.7 Å². The molecular formula is C12H14F2N2S. The maximum absolute atomic E-state index is 13.3. The largest absolute Gasteiger partial charge is 0.299 e. The van der Waals surface area contributed by atoms with E-state index >= 15 is 0 Å². The third-order valence-electron chi connectivity index (χ3n) is 1.99. The molecule has 2 nitrogen and oxygen atoms in total. The lowest BCUT2D eigenvalue weighted by atomic mass is 10.3. The van der Waals surface area contributed by atoms with Crippen molar-refractivity contribution in [2.75, 3.05) is 5.75 Å². The fraction of sp³-hybridized carbons (Fsp3) is 0.417. The van der Waals surface area contributed by atoms with Gasteiger partial charge in [0.15, 0.2) is 0 Å². The second-order valence-electron chi connectivity index (χ2n) is 3.89. The smallest absolute Gasteiger partial charge is 0.136 e. The summed E-state index contributed by atoms with van der Waals surface area (Å²) in [5, 5.41) is 11.9. The quantitative estimate of drug-likeness (QED) is 0.823. The highest BCUT2D eigenvalue weighted by atomic mass is 32.2. The Hall–Kier alpha value is -1.12. The second kappa shape index (κ2) is 6.58. The predicted octanol–water partition coefficient (Wildman–Crippen LogP) is 2.95. The molecule has 0 aliphatic rings. The van der Waals surface area contributed by atoms with Crippen LogP contribution in [-0.4, -0.2) is 17.8 Å². The lowest BCUT2D eigenvalue weighted by molar-refractivity contribution is 0.558. The molecule has 1 N–H and O–H groups in total. The molecule has 0 spiro atoms. The molecule has 0 saturated heterocycles. The predicted molar refractivity (Wildman–Crippen MR) is 64.8 cm³/mol. The summed E-state index contributed by atoms with van der Waals surface area (Å²) in [6.07, 6.45) is 0. The Labute approximate surface area is 104 Å². The summed E-state index contributed by atoms with van der Waals surface area (Å²) in [7, 11) is 0. The first-order valence-electron chi connectivity index (χ1n) is 5.26. The van der Waals surface area contributed by atoms with Gasteiger partial charge in [-0.25, -0.2) is 8.78 Å². The summed E-state index contributed by atoms with van der Waals surface area (Å²) in [5.74, 6) is -0.549. The molecule has 1 aromatic carbocycles. The first-order valence-corrected chi connectivity index (χ1v) is 6.25. The highest BCUT2D eigenvalue weighted by molar-refractivity contribution is 7.99. The van der Waals surface area contributed by atoms with Gasteiger partial charge in [-0.3, -0.25) is 5.32 Å². The van der Waals surface area contributed by atoms with Crippen LogP contribution in [0.15, 0.2) is 23.1 Å². The Balaban J connectivity index is 2.60. The molecule has 1 aromatic rings. The van der Waals surface area contributed by atoms with Crippen molar-refractivity contribution in [2.45, 2.75) is 30.8 Å². The van der Waals surface area contributed by atoms with Gasteiger partial charge in [0.05, 0.1) is 6.07 Å². The molecule has 0 aromatic heterocycles. The van der Waals surface area contributed by atoms with Gasteiger partial charge in [0.25, 0.3) is 0 Å². The Bertz CT molecular complexity index is 415. The molecule has 1 atom stereocenters. The van der Waals surface area contributed by atoms with Crippen molar-refractivity contribution in [2.24, 2.45) is 0 Å². The van der Waals surface area contributed by atoms with Gasteiger partial charge in [0.2, 0.25) is 0 Å². The van der Waals surface area contributed by atoms with Crippen LogP contribution in [0.25, 0.3) is 0 Å². The molecule has 0 aliphatic carbocycles. The summed E-state index contributed by atoms with van der Waals surface area (Å²) in [6.45, 7) is 3.86. The van der Waals surface area contributed by atoms with E-state index in [9.17, 15) is 8.78 Å². The van der Waals surface area contributed by atoms with Crippen molar-refractivity contribution >= 4 is 11.8 Å². The van der Waals surface area contributed by atoms with Crippen molar-refractivity contribution in [1.29, 1.82) is 5.26 Å². The summed E-state index contributed by atoms with van der Waals surface area (Å²) >= 11 is 1.14. The van der Waals surface area contributed by atoms with Crippen molar-refractivity contribution in [1.82, 2.24) is 5.32 Å². The van der Waals surface area contributed by atoms with E-state index in [1.807, 2.05) is 13.8 Å². The van der Waals surface area contributed by atoms with Crippen LogP contribution < -0.4 is 5.32 Å². The first-order chi connectivity index (χ1) is 8.02. The monoisotopic (exact) mass is 256 g/mol. The van der Waals surface area contributed by atoms with Crippen LogP contribution >= 0.6 is 11.8 Å². The minimum absolute atomic E-state index is 0.178. The number of hydrogen-bond donors (Lipinski definition) is 1. The van der Waals surface area contributed by atoms with Gasteiger partial charge < -0.3 is 0 Å². The molecule has 92 valence electrons. The summed E-state index contributed by atoms with van der Waals surface area (Å²) in [4.78, 5) is 0.232. The maximum atomic E-state index is 13.3. The minimum Gasteiger partial charge on any atom is -0.299 e. The van der Waals surface area contributed by atoms with Crippen LogP contribution in [0, 0.1) is 23.0 Å². The van der Waals surface area contributed by atoms with Crippen molar-refractivity contribution < 1.29 is 8.78 Å². The van der Waals surface area contributed by atoms with E-state index in [4.69, 9.17) is 5.26 Å². The Morgan fingerprint density at radius 1 is 1.41 bits per heavy atom. The molecule has 0 heterocycles. The van der Waals surface area contributed by atoms with E-state index < -0.39 is 11.6 Å². The van der Waals surface area contributed by atoms with Crippen LogP contribution in [0.4, 0.5) is 8.78 Å². The topological polar surface area (TPSA) is 35.8 Å². The van der Waals surface area contributed by atoms with E-state index in [0.29, 0.717) is 5.75 Å². The highest BCUT2D eigenvalue weighted by Crippen LogP contribution is 2.23. The Morgan fingerprint density at radius 2 is 2.12 bits per heavy atom. The van der Waals surface area contributed by atoms with Crippen LogP contribution in [-0.2, 0) is 0 Å². The van der Waals surface area contributed by atoms with Crippen LogP contribution in [0.1, 0.15) is 13.8 Å². The zero-order chi connectivity index (χ0) is 12.8. The molecule has 0 fully saturated rings. The van der Waals surface area contributed by atoms with Crippen LogP contribution in [0.5, 0.6) is 0 Å². The number of thioether (sulfide) groups is 1.